The van der Waals surface area contributed by atoms with Crippen LogP contribution in [0.5, 0.6) is 5.75 Å². The van der Waals surface area contributed by atoms with E-state index in [1.807, 2.05) is 11.8 Å². The van der Waals surface area contributed by atoms with Gasteiger partial charge in [0.1, 0.15) is 10.7 Å². The molecular weight excluding hydrogens is 292 g/mol. The predicted molar refractivity (Wildman–Crippen MR) is 86.3 cm³/mol. The van der Waals surface area contributed by atoms with Gasteiger partial charge in [-0.15, -0.1) is 0 Å². The van der Waals surface area contributed by atoms with Crippen LogP contribution in [0.15, 0.2) is 24.3 Å². The molecular formula is C14H18N2O2S2. The molecule has 0 spiro atoms. The Bertz CT molecular complexity index is 471. The normalized spacial score (nSPS) is 18.3. The van der Waals surface area contributed by atoms with Gasteiger partial charge in [-0.05, 0) is 42.9 Å². The smallest absolute Gasteiger partial charge is 0.258 e. The first-order valence-electron chi connectivity index (χ1n) is 6.55. The third-order valence-electron chi connectivity index (χ3n) is 3.03. The Balaban J connectivity index is 1.76. The number of thiocarbonyl (C=S) groups is 1. The average Bonchev–Trinajstić information content (AvgIpc) is 2.46. The summed E-state index contributed by atoms with van der Waals surface area (Å²) in [6, 6.07) is 7.37. The van der Waals surface area contributed by atoms with Crippen LogP contribution in [0.25, 0.3) is 0 Å². The molecule has 20 heavy (non-hydrogen) atoms. The van der Waals surface area contributed by atoms with E-state index in [0.717, 1.165) is 24.2 Å². The van der Waals surface area contributed by atoms with Crippen molar-refractivity contribution in [1.29, 1.82) is 0 Å². The van der Waals surface area contributed by atoms with Crippen molar-refractivity contribution in [2.45, 2.75) is 18.9 Å². The standard InChI is InChI=1S/C14H18N2O2S2/c15-14(19)10-3-5-12(6-4-10)18-8-13(17)16-11-2-1-7-20-9-11/h3-6,11H,1-2,7-9H2,(H2,15,19)(H,16,17). The molecule has 1 heterocycles. The highest BCUT2D eigenvalue weighted by molar-refractivity contribution is 7.99. The molecule has 1 aliphatic rings. The summed E-state index contributed by atoms with van der Waals surface area (Å²) in [6.07, 6.45) is 2.22. The van der Waals surface area contributed by atoms with Crippen LogP contribution in [0.1, 0.15) is 18.4 Å². The fraction of sp³-hybridized carbons (Fsp3) is 0.429. The van der Waals surface area contributed by atoms with Gasteiger partial charge in [0.25, 0.3) is 5.91 Å². The Morgan fingerprint density at radius 3 is 2.80 bits per heavy atom. The van der Waals surface area contributed by atoms with Crippen LogP contribution in [-0.2, 0) is 4.79 Å². The summed E-state index contributed by atoms with van der Waals surface area (Å²) < 4.78 is 5.44. The predicted octanol–water partition coefficient (Wildman–Crippen LogP) is 1.71. The van der Waals surface area contributed by atoms with Crippen molar-refractivity contribution in [1.82, 2.24) is 5.32 Å². The Morgan fingerprint density at radius 1 is 1.45 bits per heavy atom. The number of ether oxygens (including phenoxy) is 1. The van der Waals surface area contributed by atoms with Crippen LogP contribution >= 0.6 is 24.0 Å². The fourth-order valence-electron chi connectivity index (χ4n) is 1.99. The zero-order chi connectivity index (χ0) is 14.4. The van der Waals surface area contributed by atoms with Crippen LogP contribution in [-0.4, -0.2) is 35.1 Å². The molecule has 1 amide bonds. The monoisotopic (exact) mass is 310 g/mol. The highest BCUT2D eigenvalue weighted by Gasteiger charge is 2.16. The molecule has 1 fully saturated rings. The number of hydrogen-bond donors (Lipinski definition) is 2. The van der Waals surface area contributed by atoms with Crippen molar-refractivity contribution in [2.75, 3.05) is 18.1 Å². The minimum atomic E-state index is -0.0732. The topological polar surface area (TPSA) is 64.3 Å². The van der Waals surface area contributed by atoms with Crippen molar-refractivity contribution in [3.05, 3.63) is 29.8 Å². The third-order valence-corrected chi connectivity index (χ3v) is 4.49. The highest BCUT2D eigenvalue weighted by Crippen LogP contribution is 2.17. The number of thioether (sulfide) groups is 1. The summed E-state index contributed by atoms with van der Waals surface area (Å²) in [7, 11) is 0. The minimum Gasteiger partial charge on any atom is -0.484 e. The van der Waals surface area contributed by atoms with Crippen molar-refractivity contribution in [3.8, 4) is 5.75 Å². The summed E-state index contributed by atoms with van der Waals surface area (Å²) in [5.74, 6) is 2.75. The van der Waals surface area contributed by atoms with Crippen molar-refractivity contribution in [3.63, 3.8) is 0 Å². The Hall–Kier alpha value is -1.27. The highest BCUT2D eigenvalue weighted by atomic mass is 32.2. The second-order valence-electron chi connectivity index (χ2n) is 4.66. The second-order valence-corrected chi connectivity index (χ2v) is 6.25. The van der Waals surface area contributed by atoms with Gasteiger partial charge >= 0.3 is 0 Å². The van der Waals surface area contributed by atoms with Gasteiger partial charge in [0, 0.05) is 17.4 Å². The molecule has 4 nitrogen and oxygen atoms in total. The summed E-state index contributed by atoms with van der Waals surface area (Å²) in [5.41, 5.74) is 6.30. The Kier molecular flexibility index (Phi) is 5.67. The molecule has 0 bridgehead atoms. The van der Waals surface area contributed by atoms with Gasteiger partial charge in [-0.25, -0.2) is 0 Å². The SMILES string of the molecule is NC(=S)c1ccc(OCC(=O)NC2CCCSC2)cc1. The third kappa shape index (κ3) is 4.68. The maximum absolute atomic E-state index is 11.8. The number of nitrogens with one attached hydrogen (secondary N) is 1. The lowest BCUT2D eigenvalue weighted by atomic mass is 10.2. The second kappa shape index (κ2) is 7.50. The number of carbonyl (C=O) groups excluding carboxylic acids is 1. The lowest BCUT2D eigenvalue weighted by molar-refractivity contribution is -0.123. The number of carbonyl (C=O) groups is 1. The van der Waals surface area contributed by atoms with Crippen LogP contribution in [0, 0.1) is 0 Å². The summed E-state index contributed by atoms with van der Waals surface area (Å²) in [6.45, 7) is 0.0353. The average molecular weight is 310 g/mol. The van der Waals surface area contributed by atoms with Gasteiger partial charge in [-0.1, -0.05) is 12.2 Å². The van der Waals surface area contributed by atoms with Gasteiger partial charge in [-0.2, -0.15) is 11.8 Å². The maximum Gasteiger partial charge on any atom is 0.258 e. The first-order chi connectivity index (χ1) is 9.65. The van der Waals surface area contributed by atoms with E-state index in [1.54, 1.807) is 24.3 Å². The molecule has 2 rings (SSSR count). The molecule has 0 aromatic heterocycles. The van der Waals surface area contributed by atoms with E-state index in [1.165, 1.54) is 5.75 Å². The van der Waals surface area contributed by atoms with Crippen LogP contribution in [0.4, 0.5) is 0 Å². The number of amides is 1. The Morgan fingerprint density at radius 2 is 2.20 bits per heavy atom. The van der Waals surface area contributed by atoms with Crippen molar-refractivity contribution < 1.29 is 9.53 Å². The van der Waals surface area contributed by atoms with Gasteiger partial charge in [0.15, 0.2) is 6.61 Å². The van der Waals surface area contributed by atoms with Gasteiger partial charge in [0.2, 0.25) is 0 Å². The van der Waals surface area contributed by atoms with Crippen molar-refractivity contribution >= 4 is 34.9 Å². The van der Waals surface area contributed by atoms with Crippen molar-refractivity contribution in [2.24, 2.45) is 5.73 Å². The molecule has 0 saturated carbocycles. The molecule has 1 unspecified atom stereocenters. The zero-order valence-corrected chi connectivity index (χ0v) is 12.8. The lowest BCUT2D eigenvalue weighted by Gasteiger charge is -2.22. The van der Waals surface area contributed by atoms with Gasteiger partial charge in [0.05, 0.1) is 0 Å². The molecule has 1 aromatic rings. The number of hydrogen-bond acceptors (Lipinski definition) is 4. The molecule has 1 saturated heterocycles. The summed E-state index contributed by atoms with van der Waals surface area (Å²) in [5, 5.41) is 2.99. The van der Waals surface area contributed by atoms with E-state index in [9.17, 15) is 4.79 Å². The zero-order valence-electron chi connectivity index (χ0n) is 11.1. The van der Waals surface area contributed by atoms with E-state index in [-0.39, 0.29) is 18.6 Å². The minimum absolute atomic E-state index is 0.0353. The first kappa shape index (κ1) is 15.1. The van der Waals surface area contributed by atoms with Crippen LogP contribution < -0.4 is 15.8 Å². The van der Waals surface area contributed by atoms with Crippen LogP contribution in [0.3, 0.4) is 0 Å². The first-order valence-corrected chi connectivity index (χ1v) is 8.11. The fourth-order valence-corrected chi connectivity index (χ4v) is 3.20. The molecule has 1 atom stereocenters. The number of benzene rings is 1. The Labute approximate surface area is 128 Å². The molecule has 3 N–H and O–H groups in total. The summed E-state index contributed by atoms with van der Waals surface area (Å²) in [4.78, 5) is 12.1. The largest absolute Gasteiger partial charge is 0.484 e. The molecule has 1 aromatic carbocycles. The molecule has 6 heteroatoms. The van der Waals surface area contributed by atoms with E-state index in [0.29, 0.717) is 10.7 Å². The molecule has 0 aliphatic carbocycles. The molecule has 1 aliphatic heterocycles. The lowest BCUT2D eigenvalue weighted by Crippen LogP contribution is -2.40. The van der Waals surface area contributed by atoms with Gasteiger partial charge in [-0.3, -0.25) is 4.79 Å². The van der Waals surface area contributed by atoms with Gasteiger partial charge < -0.3 is 15.8 Å². The van der Waals surface area contributed by atoms with Crippen LogP contribution in [0.2, 0.25) is 0 Å². The molecule has 0 radical (unpaired) electrons. The maximum atomic E-state index is 11.8. The number of nitrogens with two attached hydrogens (primary N) is 1. The van der Waals surface area contributed by atoms with E-state index >= 15 is 0 Å². The number of rotatable bonds is 5. The quantitative estimate of drug-likeness (QED) is 0.811. The molecule has 108 valence electrons. The van der Waals surface area contributed by atoms with E-state index in [4.69, 9.17) is 22.7 Å². The summed E-state index contributed by atoms with van der Waals surface area (Å²) >= 11 is 6.76. The van der Waals surface area contributed by atoms with E-state index in [2.05, 4.69) is 5.32 Å². The van der Waals surface area contributed by atoms with E-state index < -0.39 is 0 Å².